The van der Waals surface area contributed by atoms with Crippen molar-refractivity contribution in [2.24, 2.45) is 0 Å². The fraction of sp³-hybridized carbons (Fsp3) is 0.538. The Bertz CT molecular complexity index is 1100. The molecule has 0 spiro atoms. The van der Waals surface area contributed by atoms with Crippen LogP contribution in [-0.4, -0.2) is 97.4 Å². The molecule has 0 radical (unpaired) electrons. The summed E-state index contributed by atoms with van der Waals surface area (Å²) in [6.45, 7) is 8.40. The van der Waals surface area contributed by atoms with Crippen LogP contribution < -0.4 is 10.2 Å². The number of halogens is 1. The van der Waals surface area contributed by atoms with Crippen molar-refractivity contribution in [1.82, 2.24) is 24.8 Å². The van der Waals surface area contributed by atoms with Gasteiger partial charge in [-0.2, -0.15) is 0 Å². The Hall–Kier alpha value is -2.39. The fourth-order valence-corrected chi connectivity index (χ4v) is 5.25. The van der Waals surface area contributed by atoms with E-state index in [1.165, 1.54) is 5.69 Å². The molecule has 2 fully saturated rings. The molecule has 5 rings (SSSR count). The number of fused-ring (bicyclic) bond motifs is 1. The number of hydrogen-bond acceptors (Lipinski definition) is 7. The van der Waals surface area contributed by atoms with Gasteiger partial charge in [0, 0.05) is 63.7 Å². The molecule has 0 amide bonds. The SMILES string of the molecule is COCCCN1CCN(c2ccc(-c3nc4c(NC5CCN(C)CC5)c(Cl)cnc4[nH]3)cc2)CC1. The number of pyridine rings is 1. The number of nitrogens with zero attached hydrogens (tertiary/aromatic N) is 5. The first-order valence-corrected chi connectivity index (χ1v) is 13.0. The van der Waals surface area contributed by atoms with Crippen LogP contribution in [0.15, 0.2) is 30.5 Å². The number of methoxy groups -OCH3 is 1. The number of hydrogen-bond donors (Lipinski definition) is 2. The third-order valence-corrected chi connectivity index (χ3v) is 7.52. The number of piperazine rings is 1. The molecule has 2 aliphatic rings. The van der Waals surface area contributed by atoms with Crippen molar-refractivity contribution in [2.45, 2.75) is 25.3 Å². The number of aromatic nitrogens is 3. The van der Waals surface area contributed by atoms with Gasteiger partial charge < -0.3 is 24.8 Å². The van der Waals surface area contributed by atoms with Crippen molar-refractivity contribution in [3.63, 3.8) is 0 Å². The van der Waals surface area contributed by atoms with Crippen LogP contribution in [0.3, 0.4) is 0 Å². The highest BCUT2D eigenvalue weighted by Gasteiger charge is 2.21. The number of H-pyrrole nitrogens is 1. The lowest BCUT2D eigenvalue weighted by Crippen LogP contribution is -2.46. The smallest absolute Gasteiger partial charge is 0.159 e. The lowest BCUT2D eigenvalue weighted by Gasteiger charge is -2.36. The van der Waals surface area contributed by atoms with Crippen molar-refractivity contribution < 1.29 is 4.74 Å². The van der Waals surface area contributed by atoms with Crippen molar-refractivity contribution >= 4 is 34.1 Å². The molecule has 2 N–H and O–H groups in total. The highest BCUT2D eigenvalue weighted by Crippen LogP contribution is 2.32. The van der Waals surface area contributed by atoms with E-state index in [2.05, 4.69) is 61.3 Å². The summed E-state index contributed by atoms with van der Waals surface area (Å²) in [6, 6.07) is 9.07. The standard InChI is InChI=1S/C26H36ClN7O/c1-32-11-8-20(9-12-32)29-23-22(27)18-28-26-24(23)30-25(31-26)19-4-6-21(7-5-19)34-15-13-33(14-16-34)10-3-17-35-2/h4-7,18,20H,3,8-17H2,1-2H3,(H2,28,29,30,31). The monoisotopic (exact) mass is 497 g/mol. The Labute approximate surface area is 212 Å². The fourth-order valence-electron chi connectivity index (χ4n) is 5.05. The minimum Gasteiger partial charge on any atom is -0.385 e. The number of benzene rings is 1. The van der Waals surface area contributed by atoms with Crippen LogP contribution in [0.2, 0.25) is 5.02 Å². The highest BCUT2D eigenvalue weighted by molar-refractivity contribution is 6.34. The lowest BCUT2D eigenvalue weighted by molar-refractivity contribution is 0.169. The number of imidazole rings is 1. The van der Waals surface area contributed by atoms with Crippen LogP contribution in [0, 0.1) is 0 Å². The topological polar surface area (TPSA) is 72.6 Å². The zero-order valence-corrected chi connectivity index (χ0v) is 21.5. The number of rotatable bonds is 8. The van der Waals surface area contributed by atoms with E-state index in [1.807, 2.05) is 0 Å². The maximum atomic E-state index is 6.55. The van der Waals surface area contributed by atoms with Gasteiger partial charge in [0.1, 0.15) is 11.3 Å². The minimum absolute atomic E-state index is 0.397. The molecule has 2 aromatic heterocycles. The number of nitrogens with one attached hydrogen (secondary N) is 2. The highest BCUT2D eigenvalue weighted by atomic mass is 35.5. The van der Waals surface area contributed by atoms with Crippen LogP contribution in [0.1, 0.15) is 19.3 Å². The first kappa shape index (κ1) is 24.3. The van der Waals surface area contributed by atoms with Gasteiger partial charge in [0.2, 0.25) is 0 Å². The molecule has 0 bridgehead atoms. The van der Waals surface area contributed by atoms with Crippen LogP contribution in [0.4, 0.5) is 11.4 Å². The lowest BCUT2D eigenvalue weighted by atomic mass is 10.1. The van der Waals surface area contributed by atoms with Gasteiger partial charge in [-0.1, -0.05) is 11.6 Å². The van der Waals surface area contributed by atoms with E-state index in [1.54, 1.807) is 13.3 Å². The van der Waals surface area contributed by atoms with E-state index in [9.17, 15) is 0 Å². The molecular formula is C26H36ClN7O. The first-order chi connectivity index (χ1) is 17.1. The van der Waals surface area contributed by atoms with Crippen LogP contribution in [-0.2, 0) is 4.74 Å². The Morgan fingerprint density at radius 1 is 1.09 bits per heavy atom. The Morgan fingerprint density at radius 2 is 1.83 bits per heavy atom. The second-order valence-electron chi connectivity index (χ2n) is 9.71. The summed E-state index contributed by atoms with van der Waals surface area (Å²) in [5.74, 6) is 0.815. The maximum absolute atomic E-state index is 6.55. The van der Waals surface area contributed by atoms with Crippen molar-refractivity contribution in [3.8, 4) is 11.4 Å². The molecular weight excluding hydrogens is 462 g/mol. The van der Waals surface area contributed by atoms with Crippen LogP contribution in [0.25, 0.3) is 22.6 Å². The predicted octanol–water partition coefficient (Wildman–Crippen LogP) is 3.94. The largest absolute Gasteiger partial charge is 0.385 e. The Morgan fingerprint density at radius 3 is 2.54 bits per heavy atom. The predicted molar refractivity (Wildman–Crippen MR) is 144 cm³/mol. The second kappa shape index (κ2) is 11.1. The van der Waals surface area contributed by atoms with Crippen molar-refractivity contribution in [1.29, 1.82) is 0 Å². The normalized spacial score (nSPS) is 18.4. The Balaban J connectivity index is 1.27. The number of ether oxygens (including phenoxy) is 1. The maximum Gasteiger partial charge on any atom is 0.159 e. The molecule has 0 atom stereocenters. The van der Waals surface area contributed by atoms with E-state index < -0.39 is 0 Å². The quantitative estimate of drug-likeness (QED) is 0.456. The van der Waals surface area contributed by atoms with E-state index in [-0.39, 0.29) is 0 Å². The van der Waals surface area contributed by atoms with E-state index >= 15 is 0 Å². The molecule has 0 aliphatic carbocycles. The molecule has 3 aromatic rings. The average Bonchev–Trinajstić information content (AvgIpc) is 3.32. The molecule has 2 saturated heterocycles. The number of piperidine rings is 1. The summed E-state index contributed by atoms with van der Waals surface area (Å²) in [5.41, 5.74) is 4.75. The van der Waals surface area contributed by atoms with Crippen LogP contribution in [0.5, 0.6) is 0 Å². The molecule has 9 heteroatoms. The van der Waals surface area contributed by atoms with Gasteiger partial charge >= 0.3 is 0 Å². The summed E-state index contributed by atoms with van der Waals surface area (Å²) >= 11 is 6.55. The number of anilines is 2. The van der Waals surface area contributed by atoms with Gasteiger partial charge in [0.25, 0.3) is 0 Å². The van der Waals surface area contributed by atoms with Gasteiger partial charge in [0.05, 0.1) is 16.9 Å². The van der Waals surface area contributed by atoms with Gasteiger partial charge in [-0.3, -0.25) is 4.90 Å². The molecule has 4 heterocycles. The van der Waals surface area contributed by atoms with E-state index in [0.29, 0.717) is 11.1 Å². The molecule has 35 heavy (non-hydrogen) atoms. The van der Waals surface area contributed by atoms with Crippen molar-refractivity contribution in [2.75, 3.05) is 76.8 Å². The Kier molecular flexibility index (Phi) is 7.72. The van der Waals surface area contributed by atoms with E-state index in [0.717, 1.165) is 99.9 Å². The summed E-state index contributed by atoms with van der Waals surface area (Å²) in [4.78, 5) is 20.1. The van der Waals surface area contributed by atoms with Gasteiger partial charge in [-0.05, 0) is 63.7 Å². The average molecular weight is 498 g/mol. The van der Waals surface area contributed by atoms with Crippen molar-refractivity contribution in [3.05, 3.63) is 35.5 Å². The third kappa shape index (κ3) is 5.72. The molecule has 188 valence electrons. The number of aromatic amines is 1. The summed E-state index contributed by atoms with van der Waals surface area (Å²) in [5, 5.41) is 4.27. The first-order valence-electron chi connectivity index (χ1n) is 12.7. The molecule has 0 unspecified atom stereocenters. The third-order valence-electron chi connectivity index (χ3n) is 7.24. The molecule has 8 nitrogen and oxygen atoms in total. The summed E-state index contributed by atoms with van der Waals surface area (Å²) in [6.07, 6.45) is 4.99. The zero-order valence-electron chi connectivity index (χ0n) is 20.8. The molecule has 0 saturated carbocycles. The van der Waals surface area contributed by atoms with Crippen LogP contribution >= 0.6 is 11.6 Å². The van der Waals surface area contributed by atoms with E-state index in [4.69, 9.17) is 21.3 Å². The van der Waals surface area contributed by atoms with Gasteiger partial charge in [0.15, 0.2) is 5.65 Å². The van der Waals surface area contributed by atoms with Gasteiger partial charge in [-0.25, -0.2) is 9.97 Å². The molecule has 1 aromatic carbocycles. The summed E-state index contributed by atoms with van der Waals surface area (Å²) in [7, 11) is 3.94. The molecule has 2 aliphatic heterocycles. The zero-order chi connectivity index (χ0) is 24.2. The minimum atomic E-state index is 0.397. The number of likely N-dealkylation sites (tertiary alicyclic amines) is 1. The summed E-state index contributed by atoms with van der Waals surface area (Å²) < 4.78 is 5.18. The second-order valence-corrected chi connectivity index (χ2v) is 10.1. The van der Waals surface area contributed by atoms with Gasteiger partial charge in [-0.15, -0.1) is 0 Å².